The zero-order valence-corrected chi connectivity index (χ0v) is 11.5. The molecule has 0 saturated heterocycles. The van der Waals surface area contributed by atoms with Crippen LogP contribution in [0.2, 0.25) is 0 Å². The highest BCUT2D eigenvalue weighted by Gasteiger charge is 2.19. The van der Waals surface area contributed by atoms with E-state index in [0.717, 1.165) is 18.8 Å². The molecule has 19 heavy (non-hydrogen) atoms. The van der Waals surface area contributed by atoms with Crippen molar-refractivity contribution in [2.75, 3.05) is 19.6 Å². The molecule has 0 saturated carbocycles. The standard InChI is InChI=1S/C12H19N5O2/c1-4-17(5-2)7-9(13)11-14-12(19-16-11)10-6-8(3)15-18-10/h6,9H,4-5,7,13H2,1-3H3. The van der Waals surface area contributed by atoms with Crippen LogP contribution in [0, 0.1) is 6.92 Å². The SMILES string of the molecule is CCN(CC)CC(N)c1noc(-c2cc(C)no2)n1. The number of aromatic nitrogens is 3. The second kappa shape index (κ2) is 5.94. The molecule has 7 nitrogen and oxygen atoms in total. The maximum absolute atomic E-state index is 6.07. The van der Waals surface area contributed by atoms with Gasteiger partial charge in [-0.25, -0.2) is 0 Å². The lowest BCUT2D eigenvalue weighted by atomic mass is 10.2. The largest absolute Gasteiger partial charge is 0.351 e. The minimum absolute atomic E-state index is 0.276. The van der Waals surface area contributed by atoms with Gasteiger partial charge in [0.2, 0.25) is 5.76 Å². The Morgan fingerprint density at radius 1 is 1.26 bits per heavy atom. The van der Waals surface area contributed by atoms with Crippen molar-refractivity contribution in [2.24, 2.45) is 5.73 Å². The third kappa shape index (κ3) is 3.18. The number of nitrogens with zero attached hydrogens (tertiary/aromatic N) is 4. The monoisotopic (exact) mass is 265 g/mol. The molecule has 1 atom stereocenters. The molecule has 0 aliphatic carbocycles. The van der Waals surface area contributed by atoms with Crippen LogP contribution in [0.3, 0.4) is 0 Å². The van der Waals surface area contributed by atoms with Gasteiger partial charge in [-0.1, -0.05) is 24.2 Å². The fourth-order valence-electron chi connectivity index (χ4n) is 1.79. The predicted octanol–water partition coefficient (Wildman–Crippen LogP) is 1.37. The first-order valence-corrected chi connectivity index (χ1v) is 6.39. The molecule has 0 aromatic carbocycles. The molecule has 0 radical (unpaired) electrons. The van der Waals surface area contributed by atoms with Crippen molar-refractivity contribution < 1.29 is 9.05 Å². The molecule has 2 aromatic rings. The van der Waals surface area contributed by atoms with Crippen molar-refractivity contribution in [1.29, 1.82) is 0 Å². The third-order valence-electron chi connectivity index (χ3n) is 2.96. The van der Waals surface area contributed by atoms with Crippen LogP contribution in [0.5, 0.6) is 0 Å². The number of likely N-dealkylation sites (N-methyl/N-ethyl adjacent to an activating group) is 1. The van der Waals surface area contributed by atoms with Crippen LogP contribution in [0.25, 0.3) is 11.7 Å². The summed E-state index contributed by atoms with van der Waals surface area (Å²) < 4.78 is 10.2. The molecule has 2 N–H and O–H groups in total. The van der Waals surface area contributed by atoms with Crippen molar-refractivity contribution in [2.45, 2.75) is 26.8 Å². The van der Waals surface area contributed by atoms with Crippen LogP contribution in [0.4, 0.5) is 0 Å². The van der Waals surface area contributed by atoms with Crippen LogP contribution in [-0.4, -0.2) is 39.8 Å². The normalized spacial score (nSPS) is 13.1. The van der Waals surface area contributed by atoms with E-state index in [0.29, 0.717) is 24.0 Å². The Balaban J connectivity index is 2.08. The maximum Gasteiger partial charge on any atom is 0.296 e. The highest BCUT2D eigenvalue weighted by atomic mass is 16.5. The molecule has 1 unspecified atom stereocenters. The summed E-state index contributed by atoms with van der Waals surface area (Å²) >= 11 is 0. The van der Waals surface area contributed by atoms with Crippen LogP contribution in [0.15, 0.2) is 15.1 Å². The van der Waals surface area contributed by atoms with E-state index in [2.05, 4.69) is 34.0 Å². The molecular weight excluding hydrogens is 246 g/mol. The smallest absolute Gasteiger partial charge is 0.296 e. The second-order valence-electron chi connectivity index (χ2n) is 4.38. The number of hydrogen-bond donors (Lipinski definition) is 1. The molecule has 2 aromatic heterocycles. The molecule has 0 aliphatic heterocycles. The fourth-order valence-corrected chi connectivity index (χ4v) is 1.79. The zero-order chi connectivity index (χ0) is 13.8. The number of aryl methyl sites for hydroxylation is 1. The van der Waals surface area contributed by atoms with Crippen molar-refractivity contribution >= 4 is 0 Å². The van der Waals surface area contributed by atoms with Crippen molar-refractivity contribution in [1.82, 2.24) is 20.2 Å². The Hall–Kier alpha value is -1.73. The van der Waals surface area contributed by atoms with Crippen LogP contribution in [0.1, 0.15) is 31.4 Å². The van der Waals surface area contributed by atoms with Gasteiger partial charge in [0.05, 0.1) is 11.7 Å². The van der Waals surface area contributed by atoms with E-state index in [1.807, 2.05) is 6.92 Å². The Morgan fingerprint density at radius 2 is 2.00 bits per heavy atom. The predicted molar refractivity (Wildman–Crippen MR) is 69.2 cm³/mol. The van der Waals surface area contributed by atoms with Crippen LogP contribution in [-0.2, 0) is 0 Å². The van der Waals surface area contributed by atoms with E-state index in [4.69, 9.17) is 14.8 Å². The van der Waals surface area contributed by atoms with E-state index in [1.54, 1.807) is 6.07 Å². The Bertz CT molecular complexity index is 518. The number of hydrogen-bond acceptors (Lipinski definition) is 7. The first-order valence-electron chi connectivity index (χ1n) is 6.39. The molecule has 0 spiro atoms. The minimum atomic E-state index is -0.276. The van der Waals surface area contributed by atoms with Crippen molar-refractivity contribution in [3.8, 4) is 11.7 Å². The van der Waals surface area contributed by atoms with Crippen LogP contribution < -0.4 is 5.73 Å². The number of nitrogens with two attached hydrogens (primary N) is 1. The van der Waals surface area contributed by atoms with E-state index >= 15 is 0 Å². The summed E-state index contributed by atoms with van der Waals surface area (Å²) in [7, 11) is 0. The molecule has 0 bridgehead atoms. The average Bonchev–Trinajstić information content (AvgIpc) is 3.04. The zero-order valence-electron chi connectivity index (χ0n) is 11.5. The summed E-state index contributed by atoms with van der Waals surface area (Å²) in [5.41, 5.74) is 6.84. The molecule has 2 rings (SSSR count). The molecule has 7 heteroatoms. The van der Waals surface area contributed by atoms with Gasteiger partial charge in [0.25, 0.3) is 5.89 Å². The minimum Gasteiger partial charge on any atom is -0.351 e. The first kappa shape index (κ1) is 13.7. The Kier molecular flexibility index (Phi) is 4.28. The summed E-state index contributed by atoms with van der Waals surface area (Å²) in [4.78, 5) is 6.46. The van der Waals surface area contributed by atoms with Gasteiger partial charge in [-0.3, -0.25) is 0 Å². The maximum atomic E-state index is 6.07. The third-order valence-corrected chi connectivity index (χ3v) is 2.96. The van der Waals surface area contributed by atoms with E-state index < -0.39 is 0 Å². The highest BCUT2D eigenvalue weighted by molar-refractivity contribution is 5.43. The highest BCUT2D eigenvalue weighted by Crippen LogP contribution is 2.19. The molecular formula is C12H19N5O2. The van der Waals surface area contributed by atoms with Gasteiger partial charge in [0.15, 0.2) is 5.82 Å². The topological polar surface area (TPSA) is 94.2 Å². The average molecular weight is 265 g/mol. The first-order chi connectivity index (χ1) is 9.13. The molecule has 0 amide bonds. The summed E-state index contributed by atoms with van der Waals surface area (Å²) in [5, 5.41) is 7.68. The lowest BCUT2D eigenvalue weighted by Crippen LogP contribution is -2.32. The molecule has 2 heterocycles. The Morgan fingerprint density at radius 3 is 2.58 bits per heavy atom. The molecule has 0 aliphatic rings. The Labute approximate surface area is 111 Å². The second-order valence-corrected chi connectivity index (χ2v) is 4.38. The van der Waals surface area contributed by atoms with E-state index in [1.165, 1.54) is 0 Å². The van der Waals surface area contributed by atoms with Crippen molar-refractivity contribution in [3.05, 3.63) is 17.6 Å². The van der Waals surface area contributed by atoms with E-state index in [-0.39, 0.29) is 6.04 Å². The summed E-state index contributed by atoms with van der Waals surface area (Å²) in [6, 6.07) is 1.47. The van der Waals surface area contributed by atoms with Gasteiger partial charge in [-0.15, -0.1) is 0 Å². The quantitative estimate of drug-likeness (QED) is 0.842. The van der Waals surface area contributed by atoms with Gasteiger partial charge < -0.3 is 19.7 Å². The summed E-state index contributed by atoms with van der Waals surface area (Å²) in [6.45, 7) is 8.59. The van der Waals surface area contributed by atoms with Gasteiger partial charge in [-0.05, 0) is 20.0 Å². The summed E-state index contributed by atoms with van der Waals surface area (Å²) in [5.74, 6) is 1.26. The van der Waals surface area contributed by atoms with Gasteiger partial charge in [-0.2, -0.15) is 4.98 Å². The lowest BCUT2D eigenvalue weighted by Gasteiger charge is -2.20. The van der Waals surface area contributed by atoms with Crippen molar-refractivity contribution in [3.63, 3.8) is 0 Å². The molecule has 0 fully saturated rings. The van der Waals surface area contributed by atoms with Crippen LogP contribution >= 0.6 is 0 Å². The molecule has 104 valence electrons. The van der Waals surface area contributed by atoms with Gasteiger partial charge >= 0.3 is 0 Å². The fraction of sp³-hybridized carbons (Fsp3) is 0.583. The van der Waals surface area contributed by atoms with E-state index in [9.17, 15) is 0 Å². The lowest BCUT2D eigenvalue weighted by molar-refractivity contribution is 0.278. The summed E-state index contributed by atoms with van der Waals surface area (Å²) in [6.07, 6.45) is 0. The van der Waals surface area contributed by atoms with Gasteiger partial charge in [0.1, 0.15) is 0 Å². The number of rotatable bonds is 6. The van der Waals surface area contributed by atoms with Gasteiger partial charge in [0, 0.05) is 12.6 Å².